The van der Waals surface area contributed by atoms with Gasteiger partial charge in [0, 0.05) is 6.07 Å². The quantitative estimate of drug-likeness (QED) is 0.752. The minimum atomic E-state index is 0.653. The first-order valence-corrected chi connectivity index (χ1v) is 4.19. The Morgan fingerprint density at radius 1 is 1.50 bits per heavy atom. The van der Waals surface area contributed by atoms with E-state index in [1.807, 2.05) is 18.2 Å². The maximum Gasteiger partial charge on any atom is 0.209 e. The molecule has 0 aliphatic carbocycles. The van der Waals surface area contributed by atoms with Gasteiger partial charge in [-0.3, -0.25) is 0 Å². The van der Waals surface area contributed by atoms with Crippen molar-refractivity contribution >= 4 is 26.8 Å². The van der Waals surface area contributed by atoms with Gasteiger partial charge in [0.25, 0.3) is 0 Å². The van der Waals surface area contributed by atoms with Crippen molar-refractivity contribution < 1.29 is 9.26 Å². The Balaban J connectivity index is 2.69. The van der Waals surface area contributed by atoms with Crippen molar-refractivity contribution in [1.82, 2.24) is 5.16 Å². The van der Waals surface area contributed by atoms with Crippen LogP contribution in [0.25, 0.3) is 10.9 Å². The van der Waals surface area contributed by atoms with E-state index in [-0.39, 0.29) is 0 Å². The molecule has 0 N–H and O–H groups in total. The van der Waals surface area contributed by atoms with Gasteiger partial charge < -0.3 is 9.26 Å². The second kappa shape index (κ2) is 2.79. The first-order chi connectivity index (χ1) is 5.81. The molecule has 1 aromatic heterocycles. The largest absolute Gasteiger partial charge is 0.497 e. The number of benzene rings is 1. The van der Waals surface area contributed by atoms with Crippen molar-refractivity contribution in [3.8, 4) is 5.75 Å². The van der Waals surface area contributed by atoms with E-state index >= 15 is 0 Å². The molecule has 0 fully saturated rings. The van der Waals surface area contributed by atoms with E-state index < -0.39 is 0 Å². The van der Waals surface area contributed by atoms with Crippen LogP contribution in [-0.4, -0.2) is 12.3 Å². The van der Waals surface area contributed by atoms with Gasteiger partial charge in [-0.15, -0.1) is 0 Å². The molecule has 0 unspecified atom stereocenters. The van der Waals surface area contributed by atoms with Crippen molar-refractivity contribution in [2.24, 2.45) is 0 Å². The predicted molar refractivity (Wildman–Crippen MR) is 48.3 cm³/mol. The third kappa shape index (κ3) is 1.08. The molecule has 1 aromatic carbocycles. The highest BCUT2D eigenvalue weighted by Crippen LogP contribution is 2.26. The van der Waals surface area contributed by atoms with Crippen LogP contribution in [0.3, 0.4) is 0 Å². The molecular weight excluding hydrogens is 222 g/mol. The normalized spacial score (nSPS) is 10.5. The Labute approximate surface area is 77.4 Å². The van der Waals surface area contributed by atoms with E-state index in [2.05, 4.69) is 21.1 Å². The molecule has 0 radical (unpaired) electrons. The van der Waals surface area contributed by atoms with Crippen molar-refractivity contribution in [2.75, 3.05) is 7.11 Å². The Bertz CT molecular complexity index is 410. The molecule has 3 nitrogen and oxygen atoms in total. The molecule has 2 rings (SSSR count). The van der Waals surface area contributed by atoms with E-state index in [0.29, 0.717) is 4.67 Å². The first kappa shape index (κ1) is 7.61. The minimum absolute atomic E-state index is 0.653. The Hall–Kier alpha value is -1.03. The highest BCUT2D eigenvalue weighted by molar-refractivity contribution is 9.10. The zero-order valence-corrected chi connectivity index (χ0v) is 7.96. The average Bonchev–Trinajstić information content (AvgIpc) is 2.47. The van der Waals surface area contributed by atoms with E-state index in [9.17, 15) is 0 Å². The lowest BCUT2D eigenvalue weighted by Gasteiger charge is -1.96. The highest BCUT2D eigenvalue weighted by Gasteiger charge is 2.05. The molecule has 0 bridgehead atoms. The van der Waals surface area contributed by atoms with Gasteiger partial charge in [-0.25, -0.2) is 0 Å². The number of hydrogen-bond acceptors (Lipinski definition) is 3. The fourth-order valence-corrected chi connectivity index (χ4v) is 1.43. The fraction of sp³-hybridized carbons (Fsp3) is 0.125. The van der Waals surface area contributed by atoms with Crippen molar-refractivity contribution in [1.29, 1.82) is 0 Å². The summed E-state index contributed by atoms with van der Waals surface area (Å²) in [7, 11) is 1.62. The summed E-state index contributed by atoms with van der Waals surface area (Å²) in [5.41, 5.74) is 0.793. The monoisotopic (exact) mass is 227 g/mol. The van der Waals surface area contributed by atoms with Crippen molar-refractivity contribution in [3.63, 3.8) is 0 Å². The molecule has 0 aliphatic rings. The minimum Gasteiger partial charge on any atom is -0.497 e. The molecule has 12 heavy (non-hydrogen) atoms. The maximum absolute atomic E-state index is 5.03. The average molecular weight is 228 g/mol. The summed E-state index contributed by atoms with van der Waals surface area (Å²) in [6.07, 6.45) is 0. The standard InChI is InChI=1S/C8H6BrNO2/c1-11-5-2-3-6-7(4-5)10-12-8(6)9/h2-4H,1H3. The van der Waals surface area contributed by atoms with Gasteiger partial charge >= 0.3 is 0 Å². The summed E-state index contributed by atoms with van der Waals surface area (Å²) in [6, 6.07) is 5.59. The topological polar surface area (TPSA) is 35.3 Å². The van der Waals surface area contributed by atoms with Gasteiger partial charge in [-0.1, -0.05) is 5.16 Å². The highest BCUT2D eigenvalue weighted by atomic mass is 79.9. The third-order valence-electron chi connectivity index (χ3n) is 1.64. The van der Waals surface area contributed by atoms with Gasteiger partial charge in [0.15, 0.2) is 0 Å². The van der Waals surface area contributed by atoms with Crippen LogP contribution in [-0.2, 0) is 0 Å². The molecule has 0 spiro atoms. The SMILES string of the molecule is COc1ccc2c(Br)onc2c1. The molecule has 0 saturated heterocycles. The Kier molecular flexibility index (Phi) is 1.77. The number of methoxy groups -OCH3 is 1. The number of rotatable bonds is 1. The summed E-state index contributed by atoms with van der Waals surface area (Å²) in [5.74, 6) is 0.781. The summed E-state index contributed by atoms with van der Waals surface area (Å²) in [6.45, 7) is 0. The number of halogens is 1. The van der Waals surface area contributed by atoms with Crippen LogP contribution in [0.5, 0.6) is 5.75 Å². The second-order valence-corrected chi connectivity index (χ2v) is 3.06. The first-order valence-electron chi connectivity index (χ1n) is 3.40. The molecule has 0 aliphatic heterocycles. The smallest absolute Gasteiger partial charge is 0.209 e. The molecule has 0 atom stereocenters. The summed E-state index contributed by atoms with van der Waals surface area (Å²) in [5, 5.41) is 4.78. The number of aromatic nitrogens is 1. The lowest BCUT2D eigenvalue weighted by Crippen LogP contribution is -1.80. The van der Waals surface area contributed by atoms with Crippen LogP contribution >= 0.6 is 15.9 Å². The molecule has 4 heteroatoms. The number of hydrogen-bond donors (Lipinski definition) is 0. The number of nitrogens with zero attached hydrogens (tertiary/aromatic N) is 1. The maximum atomic E-state index is 5.03. The van der Waals surface area contributed by atoms with Crippen LogP contribution < -0.4 is 4.74 Å². The van der Waals surface area contributed by atoms with Gasteiger partial charge in [0.2, 0.25) is 4.67 Å². The lowest BCUT2D eigenvalue weighted by molar-refractivity contribution is 0.406. The lowest BCUT2D eigenvalue weighted by atomic mass is 10.2. The fourth-order valence-electron chi connectivity index (χ4n) is 1.02. The van der Waals surface area contributed by atoms with Crippen LogP contribution in [0.1, 0.15) is 0 Å². The number of fused-ring (bicyclic) bond motifs is 1. The van der Waals surface area contributed by atoms with E-state index in [0.717, 1.165) is 16.7 Å². The molecule has 0 amide bonds. The molecular formula is C8H6BrNO2. The second-order valence-electron chi connectivity index (χ2n) is 2.34. The summed E-state index contributed by atoms with van der Waals surface area (Å²) in [4.78, 5) is 0. The molecule has 2 aromatic rings. The Morgan fingerprint density at radius 2 is 2.33 bits per heavy atom. The van der Waals surface area contributed by atoms with Crippen LogP contribution in [0.2, 0.25) is 0 Å². The van der Waals surface area contributed by atoms with Crippen molar-refractivity contribution in [2.45, 2.75) is 0 Å². The summed E-state index contributed by atoms with van der Waals surface area (Å²) >= 11 is 3.24. The third-order valence-corrected chi connectivity index (χ3v) is 2.21. The number of ether oxygens (including phenoxy) is 1. The molecule has 0 saturated carbocycles. The van der Waals surface area contributed by atoms with Gasteiger partial charge in [-0.2, -0.15) is 0 Å². The van der Waals surface area contributed by atoms with E-state index in [4.69, 9.17) is 9.26 Å². The van der Waals surface area contributed by atoms with Crippen LogP contribution in [0.15, 0.2) is 27.4 Å². The van der Waals surface area contributed by atoms with Gasteiger partial charge in [0.05, 0.1) is 12.5 Å². The van der Waals surface area contributed by atoms with Crippen LogP contribution in [0.4, 0.5) is 0 Å². The Morgan fingerprint density at radius 3 is 3.08 bits per heavy atom. The van der Waals surface area contributed by atoms with Gasteiger partial charge in [-0.05, 0) is 28.1 Å². The zero-order valence-electron chi connectivity index (χ0n) is 6.37. The van der Waals surface area contributed by atoms with Gasteiger partial charge in [0.1, 0.15) is 11.3 Å². The summed E-state index contributed by atoms with van der Waals surface area (Å²) < 4.78 is 10.6. The van der Waals surface area contributed by atoms with E-state index in [1.54, 1.807) is 7.11 Å². The molecule has 1 heterocycles. The van der Waals surface area contributed by atoms with E-state index in [1.165, 1.54) is 0 Å². The molecule has 62 valence electrons. The zero-order chi connectivity index (χ0) is 8.55. The van der Waals surface area contributed by atoms with Crippen LogP contribution in [0, 0.1) is 0 Å². The van der Waals surface area contributed by atoms with Crippen molar-refractivity contribution in [3.05, 3.63) is 22.9 Å². The predicted octanol–water partition coefficient (Wildman–Crippen LogP) is 2.60.